The standard InChI is InChI=1S/C15H13N3O6/c1-23-14(21)7-3-8(15(22)24-2)5-9(4-7)18-12(19)10-6-16-17-11(10)13(18)20/h3-5,10-11H,6H2,1-2H3/t10-,11+/m1/s1. The van der Waals surface area contributed by atoms with Crippen molar-refractivity contribution in [1.29, 1.82) is 0 Å². The maximum Gasteiger partial charge on any atom is 0.337 e. The third-order valence-corrected chi connectivity index (χ3v) is 3.89. The first-order valence-corrected chi connectivity index (χ1v) is 7.04. The van der Waals surface area contributed by atoms with Gasteiger partial charge < -0.3 is 9.47 Å². The van der Waals surface area contributed by atoms with E-state index in [4.69, 9.17) is 0 Å². The topological polar surface area (TPSA) is 115 Å². The second-order valence-electron chi connectivity index (χ2n) is 5.25. The summed E-state index contributed by atoms with van der Waals surface area (Å²) in [6, 6.07) is 3.05. The van der Waals surface area contributed by atoms with Gasteiger partial charge in [-0.05, 0) is 18.2 Å². The van der Waals surface area contributed by atoms with Gasteiger partial charge in [0.25, 0.3) is 5.91 Å². The summed E-state index contributed by atoms with van der Waals surface area (Å²) in [4.78, 5) is 49.4. The molecule has 0 aliphatic carbocycles. The molecule has 0 radical (unpaired) electrons. The highest BCUT2D eigenvalue weighted by atomic mass is 16.5. The number of rotatable bonds is 3. The zero-order valence-corrected chi connectivity index (χ0v) is 12.9. The number of hydrogen-bond donors (Lipinski definition) is 0. The maximum absolute atomic E-state index is 12.5. The predicted octanol–water partition coefficient (Wildman–Crippen LogP) is 0.584. The first kappa shape index (κ1) is 15.8. The summed E-state index contributed by atoms with van der Waals surface area (Å²) in [5.41, 5.74) is 0.141. The summed E-state index contributed by atoms with van der Waals surface area (Å²) in [7, 11) is 2.37. The zero-order chi connectivity index (χ0) is 17.4. The van der Waals surface area contributed by atoms with Crippen molar-refractivity contribution in [2.45, 2.75) is 6.04 Å². The van der Waals surface area contributed by atoms with Crippen LogP contribution >= 0.6 is 0 Å². The predicted molar refractivity (Wildman–Crippen MR) is 78.6 cm³/mol. The first-order chi connectivity index (χ1) is 11.5. The van der Waals surface area contributed by atoms with Crippen molar-refractivity contribution < 1.29 is 28.7 Å². The molecule has 0 spiro atoms. The van der Waals surface area contributed by atoms with Gasteiger partial charge in [0.1, 0.15) is 0 Å². The number of methoxy groups -OCH3 is 2. The minimum absolute atomic E-state index is 0.0229. The fourth-order valence-corrected chi connectivity index (χ4v) is 2.71. The molecule has 0 unspecified atom stereocenters. The smallest absolute Gasteiger partial charge is 0.337 e. The van der Waals surface area contributed by atoms with Crippen LogP contribution in [0, 0.1) is 5.92 Å². The van der Waals surface area contributed by atoms with Crippen LogP contribution < -0.4 is 4.90 Å². The van der Waals surface area contributed by atoms with Gasteiger partial charge in [0.05, 0.1) is 43.5 Å². The molecule has 0 aromatic heterocycles. The molecule has 1 aromatic rings. The number of carbonyl (C=O) groups is 4. The van der Waals surface area contributed by atoms with Gasteiger partial charge in [-0.3, -0.25) is 9.59 Å². The number of esters is 2. The molecule has 1 saturated heterocycles. The van der Waals surface area contributed by atoms with Gasteiger partial charge in [-0.15, -0.1) is 0 Å². The molecule has 24 heavy (non-hydrogen) atoms. The van der Waals surface area contributed by atoms with Crippen LogP contribution in [-0.2, 0) is 19.1 Å². The van der Waals surface area contributed by atoms with E-state index in [9.17, 15) is 19.2 Å². The summed E-state index contributed by atoms with van der Waals surface area (Å²) >= 11 is 0. The minimum atomic E-state index is -0.846. The number of imide groups is 1. The number of hydrogen-bond acceptors (Lipinski definition) is 8. The number of azo groups is 1. The lowest BCUT2D eigenvalue weighted by molar-refractivity contribution is -0.122. The van der Waals surface area contributed by atoms with E-state index in [1.54, 1.807) is 0 Å². The van der Waals surface area contributed by atoms with Crippen LogP contribution in [0.15, 0.2) is 28.4 Å². The van der Waals surface area contributed by atoms with Crippen molar-refractivity contribution in [3.63, 3.8) is 0 Å². The number of ether oxygens (including phenoxy) is 2. The Morgan fingerprint density at radius 1 is 1.04 bits per heavy atom. The third-order valence-electron chi connectivity index (χ3n) is 3.89. The lowest BCUT2D eigenvalue weighted by Crippen LogP contribution is -2.32. The molecule has 0 N–H and O–H groups in total. The summed E-state index contributed by atoms with van der Waals surface area (Å²) < 4.78 is 9.28. The van der Waals surface area contributed by atoms with Gasteiger partial charge >= 0.3 is 11.9 Å². The van der Waals surface area contributed by atoms with Crippen LogP contribution in [0.3, 0.4) is 0 Å². The van der Waals surface area contributed by atoms with Crippen LogP contribution in [-0.4, -0.2) is 50.6 Å². The van der Waals surface area contributed by atoms with Gasteiger partial charge in [-0.1, -0.05) is 0 Å². The van der Waals surface area contributed by atoms with Crippen molar-refractivity contribution in [1.82, 2.24) is 0 Å². The Kier molecular flexibility index (Phi) is 3.84. The second-order valence-corrected chi connectivity index (χ2v) is 5.25. The number of fused-ring (bicyclic) bond motifs is 1. The largest absolute Gasteiger partial charge is 0.465 e. The third kappa shape index (κ3) is 2.34. The summed E-state index contributed by atoms with van der Waals surface area (Å²) in [5, 5.41) is 7.51. The van der Waals surface area contributed by atoms with E-state index in [1.807, 2.05) is 0 Å². The fourth-order valence-electron chi connectivity index (χ4n) is 2.71. The normalized spacial score (nSPS) is 21.8. The van der Waals surface area contributed by atoms with Crippen molar-refractivity contribution >= 4 is 29.4 Å². The van der Waals surface area contributed by atoms with E-state index in [0.29, 0.717) is 0 Å². The SMILES string of the molecule is COC(=O)c1cc(C(=O)OC)cc(N2C(=O)[C@H]3N=NC[C@H]3C2=O)c1. The van der Waals surface area contributed by atoms with Crippen LogP contribution in [0.5, 0.6) is 0 Å². The number of nitrogens with zero attached hydrogens (tertiary/aromatic N) is 3. The summed E-state index contributed by atoms with van der Waals surface area (Å²) in [6.07, 6.45) is 0. The van der Waals surface area contributed by atoms with Gasteiger partial charge in [-0.2, -0.15) is 10.2 Å². The minimum Gasteiger partial charge on any atom is -0.465 e. The second kappa shape index (κ2) is 5.84. The first-order valence-electron chi connectivity index (χ1n) is 7.04. The molecule has 0 saturated carbocycles. The number of amides is 2. The van der Waals surface area contributed by atoms with Crippen LogP contribution in [0.2, 0.25) is 0 Å². The number of anilines is 1. The fraction of sp³-hybridized carbons (Fsp3) is 0.333. The van der Waals surface area contributed by atoms with Gasteiger partial charge in [0, 0.05) is 0 Å². The van der Waals surface area contributed by atoms with Gasteiger partial charge in [0.2, 0.25) is 5.91 Å². The molecule has 2 heterocycles. The maximum atomic E-state index is 12.5. The van der Waals surface area contributed by atoms with Crippen molar-refractivity contribution in [2.24, 2.45) is 16.1 Å². The molecule has 1 aromatic carbocycles. The molecule has 0 bridgehead atoms. The Labute approximate surface area is 136 Å². The van der Waals surface area contributed by atoms with Crippen molar-refractivity contribution in [3.05, 3.63) is 29.3 Å². The molecular formula is C15H13N3O6. The molecule has 2 aliphatic heterocycles. The molecule has 1 fully saturated rings. The molecule has 9 nitrogen and oxygen atoms in total. The van der Waals surface area contributed by atoms with Gasteiger partial charge in [-0.25, -0.2) is 14.5 Å². The van der Waals surface area contributed by atoms with E-state index in [0.717, 1.165) is 4.90 Å². The average molecular weight is 331 g/mol. The van der Waals surface area contributed by atoms with Gasteiger partial charge in [0.15, 0.2) is 6.04 Å². The summed E-state index contributed by atoms with van der Waals surface area (Å²) in [6.45, 7) is 0.145. The summed E-state index contributed by atoms with van der Waals surface area (Å²) in [5.74, 6) is -3.06. The highest BCUT2D eigenvalue weighted by molar-refractivity contribution is 6.24. The Hall–Kier alpha value is -3.10. The molecule has 124 valence electrons. The Bertz CT molecular complexity index is 753. The average Bonchev–Trinajstić information content (AvgIpc) is 3.17. The molecule has 3 rings (SSSR count). The Morgan fingerprint density at radius 2 is 1.62 bits per heavy atom. The van der Waals surface area contributed by atoms with E-state index < -0.39 is 35.7 Å². The highest BCUT2D eigenvalue weighted by Gasteiger charge is 2.51. The lowest BCUT2D eigenvalue weighted by Gasteiger charge is -2.16. The van der Waals surface area contributed by atoms with Crippen LogP contribution in [0.25, 0.3) is 0 Å². The molecule has 2 amide bonds. The number of carbonyl (C=O) groups excluding carboxylic acids is 4. The molecule has 2 aliphatic rings. The van der Waals surface area contributed by atoms with E-state index in [2.05, 4.69) is 19.7 Å². The van der Waals surface area contributed by atoms with Crippen LogP contribution in [0.4, 0.5) is 5.69 Å². The zero-order valence-electron chi connectivity index (χ0n) is 12.9. The number of benzene rings is 1. The van der Waals surface area contributed by atoms with E-state index >= 15 is 0 Å². The monoisotopic (exact) mass is 331 g/mol. The molecule has 9 heteroatoms. The lowest BCUT2D eigenvalue weighted by atomic mass is 10.1. The molecular weight excluding hydrogens is 318 g/mol. The van der Waals surface area contributed by atoms with Crippen LogP contribution in [0.1, 0.15) is 20.7 Å². The van der Waals surface area contributed by atoms with E-state index in [-0.39, 0.29) is 23.4 Å². The quantitative estimate of drug-likeness (QED) is 0.591. The van der Waals surface area contributed by atoms with Crippen molar-refractivity contribution in [3.8, 4) is 0 Å². The van der Waals surface area contributed by atoms with E-state index in [1.165, 1.54) is 32.4 Å². The Balaban J connectivity index is 2.08. The highest BCUT2D eigenvalue weighted by Crippen LogP contribution is 2.33. The Morgan fingerprint density at radius 3 is 2.12 bits per heavy atom. The van der Waals surface area contributed by atoms with Crippen molar-refractivity contribution in [2.75, 3.05) is 25.7 Å². The molecule has 2 atom stereocenters.